The van der Waals surface area contributed by atoms with E-state index in [1.165, 1.54) is 49.0 Å². The molecule has 1 heterocycles. The van der Waals surface area contributed by atoms with Gasteiger partial charge in [-0.05, 0) is 86.1 Å². The average molecular weight is 421 g/mol. The third-order valence-electron chi connectivity index (χ3n) is 6.03. The molecule has 1 fully saturated rings. The van der Waals surface area contributed by atoms with Crippen LogP contribution in [0.2, 0.25) is 5.02 Å². The Hall–Kier alpha value is -1.26. The van der Waals surface area contributed by atoms with Gasteiger partial charge in [0, 0.05) is 23.5 Å². The van der Waals surface area contributed by atoms with Crippen LogP contribution in [0.25, 0.3) is 0 Å². The Morgan fingerprint density at radius 3 is 2.68 bits per heavy atom. The molecule has 2 aromatic rings. The van der Waals surface area contributed by atoms with Crippen LogP contribution in [-0.2, 0) is 12.8 Å². The summed E-state index contributed by atoms with van der Waals surface area (Å²) in [6, 6.07) is 15.6. The van der Waals surface area contributed by atoms with Gasteiger partial charge in [0.1, 0.15) is 12.4 Å². The lowest BCUT2D eigenvalue weighted by atomic mass is 9.75. The van der Waals surface area contributed by atoms with Gasteiger partial charge in [0.25, 0.3) is 0 Å². The maximum Gasteiger partial charge on any atom is 0.119 e. The average Bonchev–Trinajstić information content (AvgIpc) is 3.21. The fourth-order valence-corrected chi connectivity index (χ4v) is 5.01. The van der Waals surface area contributed by atoms with Crippen molar-refractivity contribution >= 4 is 24.0 Å². The zero-order valence-corrected chi connectivity index (χ0v) is 17.9. The molecule has 0 spiro atoms. The molecule has 2 aliphatic rings. The van der Waals surface area contributed by atoms with Crippen molar-refractivity contribution in [3.8, 4) is 5.75 Å². The number of rotatable bonds is 6. The van der Waals surface area contributed by atoms with Crippen LogP contribution >= 0.6 is 24.0 Å². The molecular weight excluding hydrogens is 391 g/mol. The monoisotopic (exact) mass is 420 g/mol. The zero-order valence-electron chi connectivity index (χ0n) is 16.3. The van der Waals surface area contributed by atoms with E-state index in [2.05, 4.69) is 41.3 Å². The summed E-state index contributed by atoms with van der Waals surface area (Å²) in [6.45, 7) is 3.57. The molecule has 1 aliphatic carbocycles. The van der Waals surface area contributed by atoms with Gasteiger partial charge in [-0.2, -0.15) is 0 Å². The first-order valence-corrected chi connectivity index (χ1v) is 10.6. The summed E-state index contributed by atoms with van der Waals surface area (Å²) >= 11 is 6.27. The Balaban J connectivity index is 0.00000225. The normalized spacial score (nSPS) is 21.8. The molecule has 3 nitrogen and oxygen atoms in total. The number of nitrogens with two attached hydrogens (primary N) is 1. The minimum atomic E-state index is 0. The molecule has 2 atom stereocenters. The Morgan fingerprint density at radius 2 is 1.93 bits per heavy atom. The molecule has 4 rings (SSSR count). The molecule has 1 saturated heterocycles. The molecule has 2 N–H and O–H groups in total. The van der Waals surface area contributed by atoms with E-state index >= 15 is 0 Å². The third-order valence-corrected chi connectivity index (χ3v) is 6.27. The van der Waals surface area contributed by atoms with Gasteiger partial charge in [0.2, 0.25) is 0 Å². The number of halogens is 2. The Bertz CT molecular complexity index is 777. The maximum absolute atomic E-state index is 6.27. The van der Waals surface area contributed by atoms with Crippen LogP contribution in [0.4, 0.5) is 0 Å². The predicted octanol–water partition coefficient (Wildman–Crippen LogP) is 4.84. The van der Waals surface area contributed by atoms with E-state index in [0.717, 1.165) is 23.6 Å². The van der Waals surface area contributed by atoms with Crippen LogP contribution in [-0.4, -0.2) is 37.2 Å². The molecule has 0 radical (unpaired) electrons. The SMILES string of the molecule is Cl.NCCOc1ccc2c(c1)C(Cc1cccc(Cl)c1)C(N1CCCC1)CC2. The summed E-state index contributed by atoms with van der Waals surface area (Å²) in [5, 5.41) is 0.821. The van der Waals surface area contributed by atoms with Gasteiger partial charge in [0.15, 0.2) is 0 Å². The van der Waals surface area contributed by atoms with Crippen LogP contribution in [0.5, 0.6) is 5.75 Å². The number of nitrogens with zero attached hydrogens (tertiary/aromatic N) is 1. The van der Waals surface area contributed by atoms with Crippen molar-refractivity contribution in [2.75, 3.05) is 26.2 Å². The van der Waals surface area contributed by atoms with Crippen molar-refractivity contribution in [2.45, 2.75) is 44.1 Å². The van der Waals surface area contributed by atoms with Crippen LogP contribution in [0.3, 0.4) is 0 Å². The third kappa shape index (κ3) is 4.83. The fraction of sp³-hybridized carbons (Fsp3) is 0.478. The first-order valence-electron chi connectivity index (χ1n) is 10.2. The summed E-state index contributed by atoms with van der Waals surface area (Å²) in [4.78, 5) is 2.71. The fourth-order valence-electron chi connectivity index (χ4n) is 4.80. The van der Waals surface area contributed by atoms with Crippen molar-refractivity contribution in [1.29, 1.82) is 0 Å². The highest BCUT2D eigenvalue weighted by atomic mass is 35.5. The molecule has 0 bridgehead atoms. The zero-order chi connectivity index (χ0) is 18.6. The molecular formula is C23H30Cl2N2O. The molecule has 0 amide bonds. The van der Waals surface area contributed by atoms with Gasteiger partial charge < -0.3 is 10.5 Å². The number of ether oxygens (including phenoxy) is 1. The highest BCUT2D eigenvalue weighted by Crippen LogP contribution is 2.40. The molecule has 5 heteroatoms. The van der Waals surface area contributed by atoms with E-state index in [-0.39, 0.29) is 12.4 Å². The minimum Gasteiger partial charge on any atom is -0.492 e. The Morgan fingerprint density at radius 1 is 1.11 bits per heavy atom. The van der Waals surface area contributed by atoms with Gasteiger partial charge in [-0.25, -0.2) is 0 Å². The molecule has 0 saturated carbocycles. The number of hydrogen-bond donors (Lipinski definition) is 1. The molecule has 152 valence electrons. The lowest BCUT2D eigenvalue weighted by Crippen LogP contribution is -2.41. The summed E-state index contributed by atoms with van der Waals surface area (Å²) in [5.41, 5.74) is 9.86. The quantitative estimate of drug-likeness (QED) is 0.726. The summed E-state index contributed by atoms with van der Waals surface area (Å²) < 4.78 is 5.84. The smallest absolute Gasteiger partial charge is 0.119 e. The predicted molar refractivity (Wildman–Crippen MR) is 119 cm³/mol. The van der Waals surface area contributed by atoms with Crippen LogP contribution in [0.15, 0.2) is 42.5 Å². The molecule has 1 aliphatic heterocycles. The number of fused-ring (bicyclic) bond motifs is 1. The molecule has 2 unspecified atom stereocenters. The number of benzene rings is 2. The highest BCUT2D eigenvalue weighted by molar-refractivity contribution is 6.30. The van der Waals surface area contributed by atoms with Crippen LogP contribution < -0.4 is 10.5 Å². The largest absolute Gasteiger partial charge is 0.492 e. The molecule has 2 aromatic carbocycles. The van der Waals surface area contributed by atoms with Gasteiger partial charge in [-0.3, -0.25) is 4.90 Å². The second-order valence-electron chi connectivity index (χ2n) is 7.79. The number of hydrogen-bond acceptors (Lipinski definition) is 3. The summed E-state index contributed by atoms with van der Waals surface area (Å²) in [5.74, 6) is 1.42. The van der Waals surface area contributed by atoms with Crippen molar-refractivity contribution in [2.24, 2.45) is 5.73 Å². The number of aryl methyl sites for hydroxylation is 1. The van der Waals surface area contributed by atoms with Crippen LogP contribution in [0.1, 0.15) is 41.9 Å². The standard InChI is InChI=1S/C23H29ClN2O.ClH/c24-19-5-3-4-17(14-19)15-22-21-16-20(27-13-10-25)8-6-18(21)7-9-23(22)26-11-1-2-12-26;/h3-6,8,14,16,22-23H,1-2,7,9-13,15,25H2;1H. The van der Waals surface area contributed by atoms with Crippen molar-refractivity contribution < 1.29 is 4.74 Å². The van der Waals surface area contributed by atoms with Crippen molar-refractivity contribution in [3.63, 3.8) is 0 Å². The number of likely N-dealkylation sites (tertiary alicyclic amines) is 1. The summed E-state index contributed by atoms with van der Waals surface area (Å²) in [7, 11) is 0. The van der Waals surface area contributed by atoms with E-state index in [0.29, 0.717) is 25.1 Å². The second kappa shape index (κ2) is 9.98. The summed E-state index contributed by atoms with van der Waals surface area (Å²) in [6.07, 6.45) is 6.07. The topological polar surface area (TPSA) is 38.5 Å². The van der Waals surface area contributed by atoms with Crippen molar-refractivity contribution in [1.82, 2.24) is 4.90 Å². The maximum atomic E-state index is 6.27. The minimum absolute atomic E-state index is 0. The van der Waals surface area contributed by atoms with E-state index in [1.807, 2.05) is 6.07 Å². The van der Waals surface area contributed by atoms with E-state index < -0.39 is 0 Å². The van der Waals surface area contributed by atoms with Gasteiger partial charge in [-0.1, -0.05) is 29.8 Å². The second-order valence-corrected chi connectivity index (χ2v) is 8.22. The first kappa shape index (κ1) is 21.4. The lowest BCUT2D eigenvalue weighted by Gasteiger charge is -2.39. The van der Waals surface area contributed by atoms with E-state index in [9.17, 15) is 0 Å². The Labute approximate surface area is 179 Å². The lowest BCUT2D eigenvalue weighted by molar-refractivity contribution is 0.188. The van der Waals surface area contributed by atoms with E-state index in [4.69, 9.17) is 22.1 Å². The Kier molecular flexibility index (Phi) is 7.64. The first-order chi connectivity index (χ1) is 13.2. The highest BCUT2D eigenvalue weighted by Gasteiger charge is 2.35. The van der Waals surface area contributed by atoms with Crippen LogP contribution in [0, 0.1) is 0 Å². The molecule has 0 aromatic heterocycles. The molecule has 28 heavy (non-hydrogen) atoms. The van der Waals surface area contributed by atoms with Gasteiger partial charge in [0.05, 0.1) is 0 Å². The van der Waals surface area contributed by atoms with Crippen molar-refractivity contribution in [3.05, 3.63) is 64.2 Å². The van der Waals surface area contributed by atoms with Gasteiger partial charge >= 0.3 is 0 Å². The van der Waals surface area contributed by atoms with E-state index in [1.54, 1.807) is 0 Å². The van der Waals surface area contributed by atoms with Gasteiger partial charge in [-0.15, -0.1) is 12.4 Å².